The molecule has 0 radical (unpaired) electrons. The number of carbonyl (C=O) groups is 1. The molecule has 0 bridgehead atoms. The van der Waals surface area contributed by atoms with E-state index < -0.39 is 10.0 Å². The SMILES string of the molecule is O=C(c1csc(S(=O)(=O)Nc2cccc(Cl)c2)c1)N1CCCCCC1. The van der Waals surface area contributed by atoms with E-state index in [4.69, 9.17) is 11.6 Å². The highest BCUT2D eigenvalue weighted by molar-refractivity contribution is 7.94. The van der Waals surface area contributed by atoms with Crippen molar-refractivity contribution >= 4 is 44.6 Å². The molecule has 0 aliphatic carbocycles. The maximum absolute atomic E-state index is 12.6. The van der Waals surface area contributed by atoms with Crippen molar-refractivity contribution in [2.24, 2.45) is 0 Å². The zero-order valence-electron chi connectivity index (χ0n) is 13.6. The molecule has 134 valence electrons. The van der Waals surface area contributed by atoms with Crippen LogP contribution in [0, 0.1) is 0 Å². The third-order valence-corrected chi connectivity index (χ3v) is 7.11. The van der Waals surface area contributed by atoms with Gasteiger partial charge in [0, 0.05) is 23.5 Å². The second kappa shape index (κ2) is 7.76. The van der Waals surface area contributed by atoms with Gasteiger partial charge in [-0.2, -0.15) is 0 Å². The highest BCUT2D eigenvalue weighted by Crippen LogP contribution is 2.25. The van der Waals surface area contributed by atoms with Crippen LogP contribution in [0.5, 0.6) is 0 Å². The van der Waals surface area contributed by atoms with Crippen LogP contribution >= 0.6 is 22.9 Å². The van der Waals surface area contributed by atoms with E-state index in [1.807, 2.05) is 4.90 Å². The summed E-state index contributed by atoms with van der Waals surface area (Å²) < 4.78 is 27.6. The summed E-state index contributed by atoms with van der Waals surface area (Å²) in [5, 5.41) is 2.06. The van der Waals surface area contributed by atoms with Crippen LogP contribution in [0.2, 0.25) is 5.02 Å². The zero-order valence-corrected chi connectivity index (χ0v) is 16.0. The molecule has 0 saturated carbocycles. The number of sulfonamides is 1. The second-order valence-corrected chi connectivity index (χ2v) is 9.23. The van der Waals surface area contributed by atoms with Gasteiger partial charge in [-0.1, -0.05) is 30.5 Å². The van der Waals surface area contributed by atoms with E-state index in [0.29, 0.717) is 16.3 Å². The van der Waals surface area contributed by atoms with Gasteiger partial charge in [-0.25, -0.2) is 8.42 Å². The molecule has 2 aromatic rings. The van der Waals surface area contributed by atoms with Gasteiger partial charge in [0.1, 0.15) is 4.21 Å². The predicted molar refractivity (Wildman–Crippen MR) is 101 cm³/mol. The van der Waals surface area contributed by atoms with E-state index in [2.05, 4.69) is 4.72 Å². The summed E-state index contributed by atoms with van der Waals surface area (Å²) in [5.74, 6) is -0.0950. The number of benzene rings is 1. The average molecular weight is 399 g/mol. The number of hydrogen-bond donors (Lipinski definition) is 1. The Kier molecular flexibility index (Phi) is 5.66. The highest BCUT2D eigenvalue weighted by Gasteiger charge is 2.22. The molecule has 1 aromatic carbocycles. The first kappa shape index (κ1) is 18.2. The summed E-state index contributed by atoms with van der Waals surface area (Å²) in [7, 11) is -3.74. The van der Waals surface area contributed by atoms with Gasteiger partial charge < -0.3 is 4.90 Å². The number of rotatable bonds is 4. The molecular formula is C17H19ClN2O3S2. The van der Waals surface area contributed by atoms with Crippen LogP contribution in [-0.2, 0) is 10.0 Å². The van der Waals surface area contributed by atoms with Gasteiger partial charge in [0.05, 0.1) is 11.3 Å². The van der Waals surface area contributed by atoms with Crippen molar-refractivity contribution < 1.29 is 13.2 Å². The Bertz CT molecular complexity index is 856. The Morgan fingerprint density at radius 2 is 1.84 bits per heavy atom. The quantitative estimate of drug-likeness (QED) is 0.838. The van der Waals surface area contributed by atoms with E-state index >= 15 is 0 Å². The smallest absolute Gasteiger partial charge is 0.271 e. The van der Waals surface area contributed by atoms with E-state index in [1.165, 1.54) is 12.1 Å². The van der Waals surface area contributed by atoms with Crippen molar-refractivity contribution in [3.8, 4) is 0 Å². The minimum atomic E-state index is -3.74. The van der Waals surface area contributed by atoms with Crippen molar-refractivity contribution in [2.75, 3.05) is 17.8 Å². The fraction of sp³-hybridized carbons (Fsp3) is 0.353. The number of hydrogen-bond acceptors (Lipinski definition) is 4. The van der Waals surface area contributed by atoms with Crippen molar-refractivity contribution in [3.05, 3.63) is 46.3 Å². The Morgan fingerprint density at radius 3 is 2.52 bits per heavy atom. The third-order valence-electron chi connectivity index (χ3n) is 4.06. The van der Waals surface area contributed by atoms with Crippen molar-refractivity contribution in [1.29, 1.82) is 0 Å². The molecule has 0 spiro atoms. The summed E-state index contributed by atoms with van der Waals surface area (Å²) in [5.41, 5.74) is 0.819. The molecule has 1 aliphatic heterocycles. The number of amides is 1. The lowest BCUT2D eigenvalue weighted by molar-refractivity contribution is 0.0762. The van der Waals surface area contributed by atoms with Gasteiger partial charge in [-0.3, -0.25) is 9.52 Å². The van der Waals surface area contributed by atoms with Crippen LogP contribution in [0.15, 0.2) is 39.9 Å². The molecule has 1 aromatic heterocycles. The molecule has 5 nitrogen and oxygen atoms in total. The largest absolute Gasteiger partial charge is 0.339 e. The number of nitrogens with zero attached hydrogens (tertiary/aromatic N) is 1. The topological polar surface area (TPSA) is 66.5 Å². The summed E-state index contributed by atoms with van der Waals surface area (Å²) in [4.78, 5) is 14.4. The maximum atomic E-state index is 12.6. The molecule has 1 aliphatic rings. The van der Waals surface area contributed by atoms with Crippen LogP contribution in [0.3, 0.4) is 0 Å². The maximum Gasteiger partial charge on any atom is 0.271 e. The number of carbonyl (C=O) groups excluding carboxylic acids is 1. The molecule has 1 N–H and O–H groups in total. The van der Waals surface area contributed by atoms with Crippen LogP contribution in [-0.4, -0.2) is 32.3 Å². The lowest BCUT2D eigenvalue weighted by Crippen LogP contribution is -2.31. The molecular weight excluding hydrogens is 380 g/mol. The second-order valence-electron chi connectivity index (χ2n) is 5.98. The van der Waals surface area contributed by atoms with Crippen LogP contribution in [0.1, 0.15) is 36.0 Å². The number of thiophene rings is 1. The molecule has 8 heteroatoms. The van der Waals surface area contributed by atoms with Gasteiger partial charge in [-0.05, 0) is 37.1 Å². The standard InChI is InChI=1S/C17H19ClN2O3S2/c18-14-6-5-7-15(11-14)19-25(22,23)16-10-13(12-24-16)17(21)20-8-3-1-2-4-9-20/h5-7,10-12,19H,1-4,8-9H2. The van der Waals surface area contributed by atoms with E-state index in [0.717, 1.165) is 50.1 Å². The van der Waals surface area contributed by atoms with E-state index in [9.17, 15) is 13.2 Å². The lowest BCUT2D eigenvalue weighted by atomic mass is 10.2. The Hall–Kier alpha value is -1.57. The van der Waals surface area contributed by atoms with Crippen molar-refractivity contribution in [2.45, 2.75) is 29.9 Å². The van der Waals surface area contributed by atoms with Gasteiger partial charge in [-0.15, -0.1) is 11.3 Å². The lowest BCUT2D eigenvalue weighted by Gasteiger charge is -2.19. The Labute approximate surface area is 156 Å². The van der Waals surface area contributed by atoms with Gasteiger partial charge in [0.15, 0.2) is 0 Å². The fourth-order valence-corrected chi connectivity index (χ4v) is 5.18. The Balaban J connectivity index is 1.76. The van der Waals surface area contributed by atoms with Crippen LogP contribution in [0.4, 0.5) is 5.69 Å². The minimum Gasteiger partial charge on any atom is -0.339 e. The van der Waals surface area contributed by atoms with Crippen molar-refractivity contribution in [1.82, 2.24) is 4.90 Å². The number of halogens is 1. The fourth-order valence-electron chi connectivity index (χ4n) is 2.78. The average Bonchev–Trinajstić information content (AvgIpc) is 2.91. The molecule has 0 unspecified atom stereocenters. The summed E-state index contributed by atoms with van der Waals surface area (Å²) >= 11 is 6.93. The molecule has 0 atom stereocenters. The predicted octanol–water partition coefficient (Wildman–Crippen LogP) is 4.22. The van der Waals surface area contributed by atoms with Gasteiger partial charge in [0.25, 0.3) is 15.9 Å². The molecule has 1 fully saturated rings. The summed E-state index contributed by atoms with van der Waals surface area (Å²) in [6.45, 7) is 1.47. The highest BCUT2D eigenvalue weighted by atomic mass is 35.5. The first-order valence-corrected chi connectivity index (χ1v) is 10.9. The molecule has 25 heavy (non-hydrogen) atoms. The minimum absolute atomic E-state index is 0.0950. The van der Waals surface area contributed by atoms with E-state index in [-0.39, 0.29) is 10.1 Å². The van der Waals surface area contributed by atoms with Gasteiger partial charge >= 0.3 is 0 Å². The molecule has 1 amide bonds. The summed E-state index contributed by atoms with van der Waals surface area (Å²) in [6, 6.07) is 7.95. The van der Waals surface area contributed by atoms with Crippen LogP contribution < -0.4 is 4.72 Å². The number of anilines is 1. The van der Waals surface area contributed by atoms with E-state index in [1.54, 1.807) is 23.6 Å². The molecule has 3 rings (SSSR count). The van der Waals surface area contributed by atoms with Crippen molar-refractivity contribution in [3.63, 3.8) is 0 Å². The Morgan fingerprint density at radius 1 is 1.12 bits per heavy atom. The first-order chi connectivity index (χ1) is 12.0. The summed E-state index contributed by atoms with van der Waals surface area (Å²) in [6.07, 6.45) is 4.27. The molecule has 1 saturated heterocycles. The monoisotopic (exact) mass is 398 g/mol. The third kappa shape index (κ3) is 4.54. The molecule has 2 heterocycles. The van der Waals surface area contributed by atoms with Crippen LogP contribution in [0.25, 0.3) is 0 Å². The normalized spacial score (nSPS) is 15.6. The number of likely N-dealkylation sites (tertiary alicyclic amines) is 1. The zero-order chi connectivity index (χ0) is 17.9. The van der Waals surface area contributed by atoms with Gasteiger partial charge in [0.2, 0.25) is 0 Å². The number of nitrogens with one attached hydrogen (secondary N) is 1. The first-order valence-electron chi connectivity index (χ1n) is 8.12.